The van der Waals surface area contributed by atoms with Gasteiger partial charge in [-0.3, -0.25) is 0 Å². The molecule has 0 aliphatic carbocycles. The van der Waals surface area contributed by atoms with Crippen LogP contribution in [0.5, 0.6) is 0 Å². The highest BCUT2D eigenvalue weighted by Crippen LogP contribution is 2.21. The number of nitrogens with one attached hydrogen (secondary N) is 1. The zero-order valence-corrected chi connectivity index (χ0v) is 14.4. The Hall–Kier alpha value is -2.74. The van der Waals surface area contributed by atoms with Crippen molar-refractivity contribution < 1.29 is 23.4 Å². The second kappa shape index (κ2) is 7.25. The highest BCUT2D eigenvalue weighted by atomic mass is 32.2. The monoisotopic (exact) mass is 370 g/mol. The smallest absolute Gasteiger partial charge is 0.241 e. The average Bonchev–Trinajstić information content (AvgIpc) is 2.65. The summed E-state index contributed by atoms with van der Waals surface area (Å²) >= 11 is 0. The lowest BCUT2D eigenvalue weighted by Crippen LogP contribution is -2.51. The molecule has 6 nitrogen and oxygen atoms in total. The number of aliphatic hydroxyl groups is 1. The molecule has 7 heteroatoms. The molecule has 0 saturated heterocycles. The average molecular weight is 370 g/mol. The Kier molecular flexibility index (Phi) is 5.03. The summed E-state index contributed by atoms with van der Waals surface area (Å²) in [6, 6.07) is 17.8. The van der Waals surface area contributed by atoms with Gasteiger partial charge in [0.05, 0.1) is 16.9 Å². The molecule has 0 aliphatic rings. The van der Waals surface area contributed by atoms with E-state index in [0.29, 0.717) is 5.39 Å². The number of benzene rings is 3. The lowest BCUT2D eigenvalue weighted by Gasteiger charge is -2.25. The molecule has 0 heterocycles. The zero-order valence-electron chi connectivity index (χ0n) is 13.6. The molecule has 0 saturated carbocycles. The molecule has 134 valence electrons. The zero-order chi connectivity index (χ0) is 18.7. The minimum absolute atomic E-state index is 0.0947. The molecule has 0 amide bonds. The number of carboxylic acids is 1. The molecule has 2 N–H and O–H groups in total. The summed E-state index contributed by atoms with van der Waals surface area (Å²) in [6.07, 6.45) is -1.59. The van der Waals surface area contributed by atoms with E-state index in [4.69, 9.17) is 0 Å². The van der Waals surface area contributed by atoms with E-state index in [1.54, 1.807) is 36.4 Å². The molecule has 0 spiro atoms. The summed E-state index contributed by atoms with van der Waals surface area (Å²) in [7, 11) is -4.18. The maximum atomic E-state index is 12.6. The van der Waals surface area contributed by atoms with E-state index in [-0.39, 0.29) is 10.5 Å². The second-order valence-electron chi connectivity index (χ2n) is 5.78. The van der Waals surface area contributed by atoms with Crippen molar-refractivity contribution in [2.24, 2.45) is 0 Å². The van der Waals surface area contributed by atoms with E-state index in [1.165, 1.54) is 24.3 Å². The lowest BCUT2D eigenvalue weighted by atomic mass is 10.0. The van der Waals surface area contributed by atoms with Gasteiger partial charge in [0.1, 0.15) is 6.10 Å². The molecule has 0 aromatic heterocycles. The van der Waals surface area contributed by atoms with Crippen LogP contribution in [-0.2, 0) is 14.8 Å². The normalized spacial score (nSPS) is 14.0. The number of sulfonamides is 1. The molecule has 3 aromatic rings. The predicted octanol–water partition coefficient (Wildman–Crippen LogP) is 0.970. The molecule has 0 bridgehead atoms. The van der Waals surface area contributed by atoms with E-state index in [1.807, 2.05) is 16.9 Å². The van der Waals surface area contributed by atoms with Crippen molar-refractivity contribution in [3.05, 3.63) is 78.4 Å². The Morgan fingerprint density at radius 3 is 2.19 bits per heavy atom. The van der Waals surface area contributed by atoms with Crippen LogP contribution < -0.4 is 9.83 Å². The highest BCUT2D eigenvalue weighted by Gasteiger charge is 2.28. The van der Waals surface area contributed by atoms with Crippen molar-refractivity contribution in [1.82, 2.24) is 4.72 Å². The highest BCUT2D eigenvalue weighted by molar-refractivity contribution is 7.89. The van der Waals surface area contributed by atoms with Crippen molar-refractivity contribution in [2.45, 2.75) is 17.0 Å². The van der Waals surface area contributed by atoms with Crippen molar-refractivity contribution in [3.8, 4) is 0 Å². The molecule has 0 unspecified atom stereocenters. The Balaban J connectivity index is 1.93. The summed E-state index contributed by atoms with van der Waals surface area (Å²) in [4.78, 5) is 11.3. The molecule has 26 heavy (non-hydrogen) atoms. The maximum Gasteiger partial charge on any atom is 0.241 e. The third kappa shape index (κ3) is 3.75. The lowest BCUT2D eigenvalue weighted by molar-refractivity contribution is -0.310. The van der Waals surface area contributed by atoms with Gasteiger partial charge in [0.15, 0.2) is 0 Å². The van der Waals surface area contributed by atoms with Crippen molar-refractivity contribution in [2.75, 3.05) is 0 Å². The van der Waals surface area contributed by atoms with Crippen LogP contribution in [0, 0.1) is 0 Å². The topological polar surface area (TPSA) is 107 Å². The first kappa shape index (κ1) is 18.1. The third-order valence-corrected chi connectivity index (χ3v) is 5.46. The van der Waals surface area contributed by atoms with Gasteiger partial charge in [-0.05, 0) is 28.5 Å². The summed E-state index contributed by atoms with van der Waals surface area (Å²) in [5, 5.41) is 23.3. The minimum atomic E-state index is -4.18. The van der Waals surface area contributed by atoms with Crippen molar-refractivity contribution >= 4 is 26.8 Å². The molecule has 3 aromatic carbocycles. The predicted molar refractivity (Wildman–Crippen MR) is 94.5 cm³/mol. The number of aliphatic hydroxyl groups excluding tert-OH is 1. The SMILES string of the molecule is O=C([O-])[C@@H](NS(=O)(=O)c1ccc2ccccc2c1)[C@H](O)c1ccccc1. The number of aliphatic carboxylic acids is 1. The van der Waals surface area contributed by atoms with Gasteiger partial charge in [0.2, 0.25) is 10.0 Å². The summed E-state index contributed by atoms with van der Waals surface area (Å²) in [5.41, 5.74) is 0.267. The van der Waals surface area contributed by atoms with Gasteiger partial charge in [0, 0.05) is 0 Å². The van der Waals surface area contributed by atoms with Crippen LogP contribution in [-0.4, -0.2) is 25.5 Å². The third-order valence-electron chi connectivity index (χ3n) is 4.02. The Morgan fingerprint density at radius 2 is 1.54 bits per heavy atom. The van der Waals surface area contributed by atoms with Gasteiger partial charge in [-0.1, -0.05) is 60.7 Å². The van der Waals surface area contributed by atoms with E-state index in [9.17, 15) is 23.4 Å². The van der Waals surface area contributed by atoms with Gasteiger partial charge >= 0.3 is 0 Å². The maximum absolute atomic E-state index is 12.6. The Labute approximate surface area is 150 Å². The van der Waals surface area contributed by atoms with Crippen LogP contribution >= 0.6 is 0 Å². The van der Waals surface area contributed by atoms with Crippen LogP contribution in [0.4, 0.5) is 0 Å². The standard InChI is InChI=1S/C19H17NO5S/c21-18(14-7-2-1-3-8-14)17(19(22)23)20-26(24,25)16-11-10-13-6-4-5-9-15(13)12-16/h1-12,17-18,20-21H,(H,22,23)/p-1/t17-,18+/m0/s1. The van der Waals surface area contributed by atoms with Crippen LogP contribution in [0.3, 0.4) is 0 Å². The van der Waals surface area contributed by atoms with E-state index in [0.717, 1.165) is 5.39 Å². The molecule has 0 aliphatic heterocycles. The first-order chi connectivity index (χ1) is 12.4. The number of carbonyl (C=O) groups is 1. The second-order valence-corrected chi connectivity index (χ2v) is 7.50. The quantitative estimate of drug-likeness (QED) is 0.672. The number of rotatable bonds is 6. The van der Waals surface area contributed by atoms with E-state index >= 15 is 0 Å². The number of hydrogen-bond acceptors (Lipinski definition) is 5. The molecular formula is C19H16NO5S-. The number of fused-ring (bicyclic) bond motifs is 1. The summed E-state index contributed by atoms with van der Waals surface area (Å²) < 4.78 is 27.3. The first-order valence-corrected chi connectivity index (χ1v) is 9.32. The van der Waals surface area contributed by atoms with E-state index in [2.05, 4.69) is 0 Å². The van der Waals surface area contributed by atoms with Gasteiger partial charge in [-0.15, -0.1) is 0 Å². The van der Waals surface area contributed by atoms with Gasteiger partial charge in [0.25, 0.3) is 0 Å². The largest absolute Gasteiger partial charge is 0.548 e. The fourth-order valence-corrected chi connectivity index (χ4v) is 3.88. The molecule has 0 fully saturated rings. The molecule has 0 radical (unpaired) electrons. The number of carboxylic acid groups (broad SMARTS) is 1. The number of carbonyl (C=O) groups excluding carboxylic acids is 1. The van der Waals surface area contributed by atoms with Gasteiger partial charge in [-0.25, -0.2) is 8.42 Å². The first-order valence-electron chi connectivity index (χ1n) is 7.83. The molecule has 2 atom stereocenters. The van der Waals surface area contributed by atoms with E-state index < -0.39 is 28.1 Å². The Morgan fingerprint density at radius 1 is 0.923 bits per heavy atom. The van der Waals surface area contributed by atoms with Crippen LogP contribution in [0.1, 0.15) is 11.7 Å². The summed E-state index contributed by atoms with van der Waals surface area (Å²) in [6.45, 7) is 0. The van der Waals surface area contributed by atoms with Gasteiger partial charge in [-0.2, -0.15) is 4.72 Å². The summed E-state index contributed by atoms with van der Waals surface area (Å²) in [5.74, 6) is -1.72. The van der Waals surface area contributed by atoms with Crippen LogP contribution in [0.2, 0.25) is 0 Å². The van der Waals surface area contributed by atoms with Crippen LogP contribution in [0.15, 0.2) is 77.7 Å². The Bertz CT molecular complexity index is 1030. The van der Waals surface area contributed by atoms with Gasteiger partial charge < -0.3 is 15.0 Å². The van der Waals surface area contributed by atoms with Crippen LogP contribution in [0.25, 0.3) is 10.8 Å². The number of hydrogen-bond donors (Lipinski definition) is 2. The fraction of sp³-hybridized carbons (Fsp3) is 0.105. The molecular weight excluding hydrogens is 354 g/mol. The fourth-order valence-electron chi connectivity index (χ4n) is 2.65. The minimum Gasteiger partial charge on any atom is -0.548 e. The molecule has 3 rings (SSSR count). The van der Waals surface area contributed by atoms with Crippen molar-refractivity contribution in [3.63, 3.8) is 0 Å². The van der Waals surface area contributed by atoms with Crippen molar-refractivity contribution in [1.29, 1.82) is 0 Å².